The molecule has 3 aromatic rings. The van der Waals surface area contributed by atoms with Crippen LogP contribution in [0.4, 0.5) is 10.5 Å². The topological polar surface area (TPSA) is 82.2 Å². The molecule has 0 aliphatic heterocycles. The number of pyridine rings is 1. The van der Waals surface area contributed by atoms with E-state index in [0.29, 0.717) is 18.8 Å². The molecule has 1 N–H and O–H groups in total. The minimum absolute atomic E-state index is 0.0786. The average Bonchev–Trinajstić information content (AvgIpc) is 2.86. The lowest BCUT2D eigenvalue weighted by atomic mass is 10.1. The molecule has 35 heavy (non-hydrogen) atoms. The first kappa shape index (κ1) is 25.8. The third-order valence-corrected chi connectivity index (χ3v) is 5.26. The van der Waals surface area contributed by atoms with E-state index in [2.05, 4.69) is 10.3 Å². The van der Waals surface area contributed by atoms with E-state index in [9.17, 15) is 4.79 Å². The molecule has 0 radical (unpaired) electrons. The molecule has 0 fully saturated rings. The Hall–Kier alpha value is -3.78. The van der Waals surface area contributed by atoms with Gasteiger partial charge in [-0.2, -0.15) is 0 Å². The molecular formula is C27H33N3O5. The van der Waals surface area contributed by atoms with Gasteiger partial charge in [-0.25, -0.2) is 9.78 Å². The van der Waals surface area contributed by atoms with E-state index in [0.717, 1.165) is 22.6 Å². The number of ether oxygens (including phenoxy) is 4. The lowest BCUT2D eigenvalue weighted by molar-refractivity contribution is -0.175. The number of amides is 1. The Labute approximate surface area is 206 Å². The largest absolute Gasteiger partial charge is 0.497 e. The summed E-state index contributed by atoms with van der Waals surface area (Å²) < 4.78 is 22.6. The third-order valence-electron chi connectivity index (χ3n) is 5.26. The maximum absolute atomic E-state index is 12.1. The van der Waals surface area contributed by atoms with Crippen LogP contribution in [0.3, 0.4) is 0 Å². The van der Waals surface area contributed by atoms with Crippen LogP contribution in [0.15, 0.2) is 72.9 Å². The Morgan fingerprint density at radius 3 is 2.31 bits per heavy atom. The number of rotatable bonds is 12. The van der Waals surface area contributed by atoms with Gasteiger partial charge in [0.15, 0.2) is 0 Å². The zero-order chi connectivity index (χ0) is 25.1. The average molecular weight is 480 g/mol. The fourth-order valence-electron chi connectivity index (χ4n) is 3.39. The highest BCUT2D eigenvalue weighted by molar-refractivity contribution is 5.67. The van der Waals surface area contributed by atoms with Gasteiger partial charge in [0.2, 0.25) is 11.7 Å². The monoisotopic (exact) mass is 479 g/mol. The number of carbonyl (C=O) groups is 1. The number of alkyl carbamates (subject to hydrolysis) is 1. The van der Waals surface area contributed by atoms with Crippen LogP contribution in [0.2, 0.25) is 0 Å². The molecule has 3 rings (SSSR count). The first-order valence-electron chi connectivity index (χ1n) is 11.4. The molecule has 186 valence electrons. The molecule has 1 aromatic heterocycles. The second-order valence-electron chi connectivity index (χ2n) is 8.33. The molecule has 1 unspecified atom stereocenters. The van der Waals surface area contributed by atoms with Crippen molar-refractivity contribution in [2.45, 2.75) is 25.7 Å². The summed E-state index contributed by atoms with van der Waals surface area (Å²) in [6.45, 7) is 2.45. The van der Waals surface area contributed by atoms with Gasteiger partial charge in [-0.3, -0.25) is 0 Å². The van der Waals surface area contributed by atoms with Crippen molar-refractivity contribution < 1.29 is 23.7 Å². The summed E-state index contributed by atoms with van der Waals surface area (Å²) in [5.74, 6) is 0.203. The SMILES string of the molecule is COc1ccc(CC(C)(OCCOC(=O)NCc2ccc(N(C)C)cc2)Oc2ccccn2)cc1. The summed E-state index contributed by atoms with van der Waals surface area (Å²) >= 11 is 0. The van der Waals surface area contributed by atoms with Gasteiger partial charge < -0.3 is 29.2 Å². The van der Waals surface area contributed by atoms with Crippen LogP contribution in [0, 0.1) is 0 Å². The molecule has 0 saturated carbocycles. The maximum Gasteiger partial charge on any atom is 0.407 e. The lowest BCUT2D eigenvalue weighted by Gasteiger charge is -2.30. The summed E-state index contributed by atoms with van der Waals surface area (Å²) in [4.78, 5) is 18.4. The standard InChI is InChI=1S/C27H33N3O5/c1-27(35-25-7-5-6-16-28-25,19-21-10-14-24(32-4)15-11-21)34-18-17-33-26(31)29-20-22-8-12-23(13-9-22)30(2)3/h5-16H,17-20H2,1-4H3,(H,29,31). The van der Waals surface area contributed by atoms with E-state index in [1.807, 2.05) is 86.6 Å². The van der Waals surface area contributed by atoms with E-state index in [1.165, 1.54) is 0 Å². The van der Waals surface area contributed by atoms with Gasteiger partial charge in [0.25, 0.3) is 0 Å². The van der Waals surface area contributed by atoms with E-state index >= 15 is 0 Å². The summed E-state index contributed by atoms with van der Waals surface area (Å²) in [5.41, 5.74) is 3.09. The van der Waals surface area contributed by atoms with Crippen molar-refractivity contribution in [3.63, 3.8) is 0 Å². The molecular weight excluding hydrogens is 446 g/mol. The first-order chi connectivity index (χ1) is 16.9. The predicted molar refractivity (Wildman–Crippen MR) is 135 cm³/mol. The molecule has 0 bridgehead atoms. The Balaban J connectivity index is 1.50. The Bertz CT molecular complexity index is 1040. The van der Waals surface area contributed by atoms with Crippen molar-refractivity contribution in [1.82, 2.24) is 10.3 Å². The van der Waals surface area contributed by atoms with E-state index in [-0.39, 0.29) is 13.2 Å². The number of benzene rings is 2. The minimum atomic E-state index is -1.02. The van der Waals surface area contributed by atoms with Crippen LogP contribution in [-0.4, -0.2) is 51.3 Å². The Morgan fingerprint density at radius 1 is 0.971 bits per heavy atom. The van der Waals surface area contributed by atoms with Gasteiger partial charge in [0.1, 0.15) is 12.4 Å². The number of aromatic nitrogens is 1. The summed E-state index contributed by atoms with van der Waals surface area (Å²) in [7, 11) is 5.59. The number of anilines is 1. The smallest absolute Gasteiger partial charge is 0.407 e. The van der Waals surface area contributed by atoms with Crippen molar-refractivity contribution in [2.24, 2.45) is 0 Å². The molecule has 1 heterocycles. The van der Waals surface area contributed by atoms with Crippen LogP contribution in [0.1, 0.15) is 18.1 Å². The lowest BCUT2D eigenvalue weighted by Crippen LogP contribution is -2.40. The molecule has 0 saturated heterocycles. The normalized spacial score (nSPS) is 12.3. The number of nitrogens with one attached hydrogen (secondary N) is 1. The van der Waals surface area contributed by atoms with Crippen LogP contribution >= 0.6 is 0 Å². The van der Waals surface area contributed by atoms with Crippen LogP contribution in [0.5, 0.6) is 11.6 Å². The van der Waals surface area contributed by atoms with Gasteiger partial charge >= 0.3 is 6.09 Å². The number of hydrogen-bond donors (Lipinski definition) is 1. The van der Waals surface area contributed by atoms with Gasteiger partial charge in [0.05, 0.1) is 13.7 Å². The number of hydrogen-bond acceptors (Lipinski definition) is 7. The van der Waals surface area contributed by atoms with E-state index in [4.69, 9.17) is 18.9 Å². The molecule has 0 aliphatic carbocycles. The zero-order valence-electron chi connectivity index (χ0n) is 20.7. The van der Waals surface area contributed by atoms with Crippen LogP contribution < -0.4 is 19.7 Å². The van der Waals surface area contributed by atoms with Gasteiger partial charge in [-0.15, -0.1) is 0 Å². The number of methoxy groups -OCH3 is 1. The summed E-state index contributed by atoms with van der Waals surface area (Å²) in [6, 6.07) is 21.1. The predicted octanol–water partition coefficient (Wildman–Crippen LogP) is 4.44. The fourth-order valence-corrected chi connectivity index (χ4v) is 3.39. The zero-order valence-corrected chi connectivity index (χ0v) is 20.7. The number of nitrogens with zero attached hydrogens (tertiary/aromatic N) is 2. The second-order valence-corrected chi connectivity index (χ2v) is 8.33. The van der Waals surface area contributed by atoms with E-state index < -0.39 is 11.9 Å². The maximum atomic E-state index is 12.1. The van der Waals surface area contributed by atoms with Crippen molar-refractivity contribution in [3.05, 3.63) is 84.1 Å². The van der Waals surface area contributed by atoms with Crippen molar-refractivity contribution in [1.29, 1.82) is 0 Å². The quantitative estimate of drug-likeness (QED) is 0.304. The van der Waals surface area contributed by atoms with Crippen molar-refractivity contribution >= 4 is 11.8 Å². The molecule has 0 aliphatic rings. The summed E-state index contributed by atoms with van der Waals surface area (Å²) in [6.07, 6.45) is 1.61. The Morgan fingerprint density at radius 2 is 1.69 bits per heavy atom. The van der Waals surface area contributed by atoms with Crippen LogP contribution in [0.25, 0.3) is 0 Å². The molecule has 2 aromatic carbocycles. The summed E-state index contributed by atoms with van der Waals surface area (Å²) in [5, 5.41) is 2.75. The van der Waals surface area contributed by atoms with Gasteiger partial charge in [-0.1, -0.05) is 30.3 Å². The van der Waals surface area contributed by atoms with Crippen molar-refractivity contribution in [3.8, 4) is 11.6 Å². The fraction of sp³-hybridized carbons (Fsp3) is 0.333. The third kappa shape index (κ3) is 8.50. The first-order valence-corrected chi connectivity index (χ1v) is 11.4. The highest BCUT2D eigenvalue weighted by Gasteiger charge is 2.29. The van der Waals surface area contributed by atoms with Crippen molar-refractivity contribution in [2.75, 3.05) is 39.3 Å². The molecule has 8 nitrogen and oxygen atoms in total. The minimum Gasteiger partial charge on any atom is -0.497 e. The Kier molecular flexibility index (Phi) is 9.31. The second kappa shape index (κ2) is 12.6. The van der Waals surface area contributed by atoms with Gasteiger partial charge in [0, 0.05) is 51.9 Å². The number of carbonyl (C=O) groups excluding carboxylic acids is 1. The van der Waals surface area contributed by atoms with E-state index in [1.54, 1.807) is 19.4 Å². The highest BCUT2D eigenvalue weighted by atomic mass is 16.7. The molecule has 1 amide bonds. The highest BCUT2D eigenvalue weighted by Crippen LogP contribution is 2.23. The van der Waals surface area contributed by atoms with Crippen LogP contribution in [-0.2, 0) is 22.4 Å². The molecule has 1 atom stereocenters. The molecule has 0 spiro atoms. The molecule has 8 heteroatoms. The van der Waals surface area contributed by atoms with Gasteiger partial charge in [-0.05, 0) is 41.5 Å².